The first kappa shape index (κ1) is 12.1. The van der Waals surface area contributed by atoms with E-state index in [4.69, 9.17) is 5.11 Å². The van der Waals surface area contributed by atoms with E-state index in [0.717, 1.165) is 25.7 Å². The van der Waals surface area contributed by atoms with E-state index in [1.54, 1.807) is 0 Å². The summed E-state index contributed by atoms with van der Waals surface area (Å²) in [5.74, 6) is -0.177. The van der Waals surface area contributed by atoms with Crippen LogP contribution < -0.4 is 0 Å². The van der Waals surface area contributed by atoms with Gasteiger partial charge in [-0.3, -0.25) is 0 Å². The molecular weight excluding hydrogens is 194 g/mol. The number of hydrogen-bond acceptors (Lipinski definition) is 4. The van der Waals surface area contributed by atoms with Crippen LogP contribution in [0.5, 0.6) is 0 Å². The normalized spacial score (nSPS) is 15.1. The molecule has 0 saturated carbocycles. The van der Waals surface area contributed by atoms with E-state index in [2.05, 4.69) is 17.1 Å². The third-order valence-corrected chi connectivity index (χ3v) is 2.51. The molecular formula is C10H19N3O2. The number of nitrogens with zero attached hydrogens (tertiary/aromatic N) is 3. The quantitative estimate of drug-likeness (QED) is 0.662. The molecule has 0 aliphatic heterocycles. The monoisotopic (exact) mass is 213 g/mol. The lowest BCUT2D eigenvalue weighted by Crippen LogP contribution is -2.24. The van der Waals surface area contributed by atoms with Gasteiger partial charge in [-0.25, -0.2) is 0 Å². The molecule has 5 nitrogen and oxygen atoms in total. The molecule has 1 heterocycles. The second-order valence-electron chi connectivity index (χ2n) is 3.70. The van der Waals surface area contributed by atoms with Gasteiger partial charge in [-0.15, -0.1) is 0 Å². The number of rotatable bonds is 7. The summed E-state index contributed by atoms with van der Waals surface area (Å²) in [6.45, 7) is 2.09. The highest BCUT2D eigenvalue weighted by Crippen LogP contribution is 2.19. The standard InChI is InChI=1S/C10H19N3O2/c1-2-3-4-5-9(8-14)10(15)13-11-6-7-12-13/h6-7,9-10,14-15H,2-5,8H2,1H3. The van der Waals surface area contributed by atoms with Gasteiger partial charge < -0.3 is 10.2 Å². The number of aliphatic hydroxyl groups is 2. The molecule has 86 valence electrons. The Morgan fingerprint density at radius 1 is 1.27 bits per heavy atom. The Bertz CT molecular complexity index is 251. The van der Waals surface area contributed by atoms with Crippen molar-refractivity contribution in [3.05, 3.63) is 12.4 Å². The van der Waals surface area contributed by atoms with Gasteiger partial charge in [0.05, 0.1) is 19.0 Å². The zero-order valence-corrected chi connectivity index (χ0v) is 9.08. The van der Waals surface area contributed by atoms with Crippen LogP contribution in [0.3, 0.4) is 0 Å². The summed E-state index contributed by atoms with van der Waals surface area (Å²) < 4.78 is 0. The van der Waals surface area contributed by atoms with Crippen molar-refractivity contribution in [2.24, 2.45) is 5.92 Å². The Labute approximate surface area is 89.7 Å². The fraction of sp³-hybridized carbons (Fsp3) is 0.800. The Hall–Kier alpha value is -0.940. The predicted octanol–water partition coefficient (Wildman–Crippen LogP) is 0.958. The van der Waals surface area contributed by atoms with Crippen LogP contribution in [0.1, 0.15) is 38.8 Å². The molecule has 0 aliphatic rings. The van der Waals surface area contributed by atoms with Crippen LogP contribution in [0.25, 0.3) is 0 Å². The van der Waals surface area contributed by atoms with Crippen molar-refractivity contribution in [2.45, 2.75) is 38.8 Å². The van der Waals surface area contributed by atoms with Crippen molar-refractivity contribution < 1.29 is 10.2 Å². The van der Waals surface area contributed by atoms with E-state index in [1.807, 2.05) is 0 Å². The highest BCUT2D eigenvalue weighted by Gasteiger charge is 2.20. The van der Waals surface area contributed by atoms with Crippen molar-refractivity contribution in [1.29, 1.82) is 0 Å². The second kappa shape index (κ2) is 6.53. The SMILES string of the molecule is CCCCCC(CO)C(O)n1nccn1. The minimum absolute atomic E-state index is 0.0353. The molecule has 1 aromatic rings. The topological polar surface area (TPSA) is 71.2 Å². The van der Waals surface area contributed by atoms with Crippen LogP contribution >= 0.6 is 0 Å². The first-order valence-corrected chi connectivity index (χ1v) is 5.44. The maximum atomic E-state index is 9.85. The maximum Gasteiger partial charge on any atom is 0.171 e. The average Bonchev–Trinajstić information content (AvgIpc) is 2.77. The smallest absolute Gasteiger partial charge is 0.171 e. The molecule has 0 saturated heterocycles. The highest BCUT2D eigenvalue weighted by atomic mass is 16.3. The largest absolute Gasteiger partial charge is 0.396 e. The molecule has 0 amide bonds. The van der Waals surface area contributed by atoms with E-state index in [1.165, 1.54) is 17.2 Å². The van der Waals surface area contributed by atoms with E-state index in [-0.39, 0.29) is 12.5 Å². The van der Waals surface area contributed by atoms with E-state index in [0.29, 0.717) is 0 Å². The summed E-state index contributed by atoms with van der Waals surface area (Å²) in [6, 6.07) is 0. The summed E-state index contributed by atoms with van der Waals surface area (Å²) in [6.07, 6.45) is 6.28. The molecule has 0 fully saturated rings. The number of unbranched alkanes of at least 4 members (excludes halogenated alkanes) is 2. The molecule has 1 rings (SSSR count). The molecule has 1 aromatic heterocycles. The number of aromatic nitrogens is 3. The lowest BCUT2D eigenvalue weighted by molar-refractivity contribution is -0.0117. The third-order valence-electron chi connectivity index (χ3n) is 2.51. The second-order valence-corrected chi connectivity index (χ2v) is 3.70. The molecule has 2 N–H and O–H groups in total. The van der Waals surface area contributed by atoms with Crippen LogP contribution in [-0.4, -0.2) is 31.8 Å². The van der Waals surface area contributed by atoms with Crippen molar-refractivity contribution >= 4 is 0 Å². The summed E-state index contributed by atoms with van der Waals surface area (Å²) in [4.78, 5) is 1.24. The van der Waals surface area contributed by atoms with Gasteiger partial charge >= 0.3 is 0 Å². The van der Waals surface area contributed by atoms with Gasteiger partial charge in [-0.2, -0.15) is 15.0 Å². The highest BCUT2D eigenvalue weighted by molar-refractivity contribution is 4.67. The lowest BCUT2D eigenvalue weighted by atomic mass is 10.0. The van der Waals surface area contributed by atoms with Gasteiger partial charge in [0.2, 0.25) is 0 Å². The van der Waals surface area contributed by atoms with Crippen LogP contribution in [0.2, 0.25) is 0 Å². The molecule has 2 atom stereocenters. The van der Waals surface area contributed by atoms with Crippen molar-refractivity contribution in [3.63, 3.8) is 0 Å². The van der Waals surface area contributed by atoms with Gasteiger partial charge in [0.1, 0.15) is 0 Å². The van der Waals surface area contributed by atoms with Crippen LogP contribution in [0.4, 0.5) is 0 Å². The van der Waals surface area contributed by atoms with Gasteiger partial charge in [-0.05, 0) is 6.42 Å². The predicted molar refractivity (Wildman–Crippen MR) is 56.0 cm³/mol. The zero-order chi connectivity index (χ0) is 11.1. The molecule has 0 bridgehead atoms. The van der Waals surface area contributed by atoms with Gasteiger partial charge in [0, 0.05) is 5.92 Å². The maximum absolute atomic E-state index is 9.85. The van der Waals surface area contributed by atoms with Gasteiger partial charge in [0.15, 0.2) is 6.23 Å². The fourth-order valence-corrected chi connectivity index (χ4v) is 1.54. The van der Waals surface area contributed by atoms with E-state index >= 15 is 0 Å². The Morgan fingerprint density at radius 3 is 2.47 bits per heavy atom. The Balaban J connectivity index is 2.43. The summed E-state index contributed by atoms with van der Waals surface area (Å²) in [7, 11) is 0. The number of hydrogen-bond donors (Lipinski definition) is 2. The first-order valence-electron chi connectivity index (χ1n) is 5.44. The molecule has 0 spiro atoms. The minimum Gasteiger partial charge on any atom is -0.396 e. The molecule has 2 unspecified atom stereocenters. The third kappa shape index (κ3) is 3.60. The summed E-state index contributed by atoms with van der Waals surface area (Å²) in [5.41, 5.74) is 0. The molecule has 0 aliphatic carbocycles. The van der Waals surface area contributed by atoms with Crippen LogP contribution in [0.15, 0.2) is 12.4 Å². The lowest BCUT2D eigenvalue weighted by Gasteiger charge is -2.19. The van der Waals surface area contributed by atoms with Crippen LogP contribution in [0, 0.1) is 5.92 Å². The van der Waals surface area contributed by atoms with Crippen LogP contribution in [-0.2, 0) is 0 Å². The average molecular weight is 213 g/mol. The zero-order valence-electron chi connectivity index (χ0n) is 9.08. The molecule has 5 heteroatoms. The Morgan fingerprint density at radius 2 is 1.93 bits per heavy atom. The molecule has 0 aromatic carbocycles. The van der Waals surface area contributed by atoms with Crippen molar-refractivity contribution in [1.82, 2.24) is 15.0 Å². The van der Waals surface area contributed by atoms with E-state index in [9.17, 15) is 5.11 Å². The van der Waals surface area contributed by atoms with Gasteiger partial charge in [-0.1, -0.05) is 26.2 Å². The number of aliphatic hydroxyl groups excluding tert-OH is 2. The van der Waals surface area contributed by atoms with Gasteiger partial charge in [0.25, 0.3) is 0 Å². The summed E-state index contributed by atoms with van der Waals surface area (Å²) >= 11 is 0. The van der Waals surface area contributed by atoms with Crippen molar-refractivity contribution in [2.75, 3.05) is 6.61 Å². The van der Waals surface area contributed by atoms with E-state index < -0.39 is 6.23 Å². The molecule has 15 heavy (non-hydrogen) atoms. The fourth-order valence-electron chi connectivity index (χ4n) is 1.54. The van der Waals surface area contributed by atoms with Crippen molar-refractivity contribution in [3.8, 4) is 0 Å². The summed E-state index contributed by atoms with van der Waals surface area (Å²) in [5, 5.41) is 26.7. The minimum atomic E-state index is -0.818. The Kier molecular flexibility index (Phi) is 5.28. The molecule has 0 radical (unpaired) electrons. The first-order chi connectivity index (χ1) is 7.29.